The van der Waals surface area contributed by atoms with Crippen molar-refractivity contribution in [2.75, 3.05) is 27.9 Å². The first-order valence-electron chi connectivity index (χ1n) is 3.87. The Kier molecular flexibility index (Phi) is 5.46. The van der Waals surface area contributed by atoms with Crippen LogP contribution < -0.4 is 0 Å². The van der Waals surface area contributed by atoms with E-state index in [0.29, 0.717) is 6.04 Å². The zero-order chi connectivity index (χ0) is 8.85. The van der Waals surface area contributed by atoms with E-state index in [-0.39, 0.29) is 6.23 Å². The predicted octanol–water partition coefficient (Wildman–Crippen LogP) is 0.946. The Balaban J connectivity index is 3.70. The molecule has 0 aromatic heterocycles. The lowest BCUT2D eigenvalue weighted by Crippen LogP contribution is -2.40. The zero-order valence-corrected chi connectivity index (χ0v) is 8.13. The molecule has 68 valence electrons. The van der Waals surface area contributed by atoms with Crippen molar-refractivity contribution in [2.24, 2.45) is 0 Å². The van der Waals surface area contributed by atoms with Gasteiger partial charge in [0.1, 0.15) is 6.23 Å². The molecule has 0 amide bonds. The van der Waals surface area contributed by atoms with E-state index in [1.807, 2.05) is 14.0 Å². The summed E-state index contributed by atoms with van der Waals surface area (Å²) in [4.78, 5) is 2.13. The summed E-state index contributed by atoms with van der Waals surface area (Å²) >= 11 is 0. The average molecular weight is 161 g/mol. The Morgan fingerprint density at radius 1 is 1.27 bits per heavy atom. The average Bonchev–Trinajstić information content (AvgIpc) is 2.02. The highest BCUT2D eigenvalue weighted by atomic mass is 16.5. The first-order valence-corrected chi connectivity index (χ1v) is 3.87. The van der Waals surface area contributed by atoms with Crippen molar-refractivity contribution >= 4 is 0 Å². The highest BCUT2D eigenvalue weighted by molar-refractivity contribution is 4.62. The Bertz CT molecular complexity index is 98.1. The molecule has 2 atom stereocenters. The van der Waals surface area contributed by atoms with E-state index in [9.17, 15) is 0 Å². The van der Waals surface area contributed by atoms with E-state index < -0.39 is 0 Å². The van der Waals surface area contributed by atoms with Gasteiger partial charge in [-0.25, -0.2) is 0 Å². The fourth-order valence-electron chi connectivity index (χ4n) is 0.883. The van der Waals surface area contributed by atoms with Crippen molar-refractivity contribution in [1.82, 2.24) is 4.90 Å². The van der Waals surface area contributed by atoms with Crippen LogP contribution >= 0.6 is 0 Å². The second-order valence-corrected chi connectivity index (χ2v) is 2.80. The Morgan fingerprint density at radius 2 is 1.82 bits per heavy atom. The van der Waals surface area contributed by atoms with Crippen molar-refractivity contribution in [3.8, 4) is 0 Å². The van der Waals surface area contributed by atoms with Gasteiger partial charge in [-0.1, -0.05) is 0 Å². The fraction of sp³-hybridized carbons (Fsp3) is 1.00. The highest BCUT2D eigenvalue weighted by Crippen LogP contribution is 2.02. The molecule has 0 radical (unpaired) electrons. The van der Waals surface area contributed by atoms with Crippen LogP contribution in [0, 0.1) is 0 Å². The molecule has 3 heteroatoms. The Morgan fingerprint density at radius 3 is 2.18 bits per heavy atom. The fourth-order valence-corrected chi connectivity index (χ4v) is 0.883. The molecule has 0 aromatic carbocycles. The molecule has 3 nitrogen and oxygen atoms in total. The van der Waals surface area contributed by atoms with E-state index in [0.717, 1.165) is 6.61 Å². The minimum Gasteiger partial charge on any atom is -0.383 e. The van der Waals surface area contributed by atoms with Crippen LogP contribution in [0.4, 0.5) is 0 Å². The third kappa shape index (κ3) is 3.70. The molecule has 0 aliphatic rings. The van der Waals surface area contributed by atoms with Crippen LogP contribution in [-0.2, 0) is 9.47 Å². The van der Waals surface area contributed by atoms with Crippen molar-refractivity contribution in [3.63, 3.8) is 0 Å². The van der Waals surface area contributed by atoms with E-state index in [1.54, 1.807) is 14.2 Å². The Labute approximate surface area is 69.3 Å². The van der Waals surface area contributed by atoms with Gasteiger partial charge in [0.15, 0.2) is 0 Å². The number of nitrogens with zero attached hydrogens (tertiary/aromatic N) is 1. The summed E-state index contributed by atoms with van der Waals surface area (Å²) in [5.41, 5.74) is 0. The normalized spacial score (nSPS) is 16.9. The summed E-state index contributed by atoms with van der Waals surface area (Å²) in [6.45, 7) is 4.87. The second-order valence-electron chi connectivity index (χ2n) is 2.80. The van der Waals surface area contributed by atoms with Crippen molar-refractivity contribution in [2.45, 2.75) is 26.1 Å². The van der Waals surface area contributed by atoms with Crippen LogP contribution in [0.25, 0.3) is 0 Å². The molecule has 0 rings (SSSR count). The van der Waals surface area contributed by atoms with Crippen molar-refractivity contribution < 1.29 is 9.47 Å². The zero-order valence-electron chi connectivity index (χ0n) is 8.13. The summed E-state index contributed by atoms with van der Waals surface area (Å²) in [5.74, 6) is 0. The van der Waals surface area contributed by atoms with Gasteiger partial charge in [0.25, 0.3) is 0 Å². The van der Waals surface area contributed by atoms with Crippen molar-refractivity contribution in [3.05, 3.63) is 0 Å². The maximum atomic E-state index is 5.15. The van der Waals surface area contributed by atoms with E-state index in [4.69, 9.17) is 9.47 Å². The molecular formula is C8H19NO2. The van der Waals surface area contributed by atoms with Crippen molar-refractivity contribution in [1.29, 1.82) is 0 Å². The first-order chi connectivity index (χ1) is 5.13. The third-order valence-corrected chi connectivity index (χ3v) is 2.02. The van der Waals surface area contributed by atoms with Gasteiger partial charge in [0, 0.05) is 20.3 Å². The standard InChI is InChI=1S/C8H19NO2/c1-7(6-10-4)9(3)8(2)11-5/h7-8H,6H2,1-5H3. The monoisotopic (exact) mass is 161 g/mol. The van der Waals surface area contributed by atoms with E-state index in [1.165, 1.54) is 0 Å². The number of ether oxygens (including phenoxy) is 2. The lowest BCUT2D eigenvalue weighted by atomic mass is 10.3. The summed E-state index contributed by atoms with van der Waals surface area (Å²) < 4.78 is 10.2. The van der Waals surface area contributed by atoms with Crippen LogP contribution in [0.2, 0.25) is 0 Å². The Hall–Kier alpha value is -0.120. The smallest absolute Gasteiger partial charge is 0.107 e. The SMILES string of the molecule is COCC(C)N(C)C(C)OC. The van der Waals surface area contributed by atoms with Crippen LogP contribution in [0.15, 0.2) is 0 Å². The predicted molar refractivity (Wildman–Crippen MR) is 45.6 cm³/mol. The quantitative estimate of drug-likeness (QED) is 0.560. The molecular weight excluding hydrogens is 142 g/mol. The second kappa shape index (κ2) is 5.52. The summed E-state index contributed by atoms with van der Waals surface area (Å²) in [6, 6.07) is 0.398. The molecule has 0 aliphatic heterocycles. The molecule has 0 saturated heterocycles. The molecule has 2 unspecified atom stereocenters. The van der Waals surface area contributed by atoms with Crippen LogP contribution in [0.1, 0.15) is 13.8 Å². The topological polar surface area (TPSA) is 21.7 Å². The van der Waals surface area contributed by atoms with E-state index in [2.05, 4.69) is 11.8 Å². The van der Waals surface area contributed by atoms with Gasteiger partial charge in [-0.15, -0.1) is 0 Å². The van der Waals surface area contributed by atoms with Crippen LogP contribution in [0.5, 0.6) is 0 Å². The molecule has 0 saturated carbocycles. The van der Waals surface area contributed by atoms with Gasteiger partial charge in [-0.2, -0.15) is 0 Å². The van der Waals surface area contributed by atoms with Gasteiger partial charge >= 0.3 is 0 Å². The first kappa shape index (κ1) is 10.9. The minimum absolute atomic E-state index is 0.153. The third-order valence-electron chi connectivity index (χ3n) is 2.02. The molecule has 0 fully saturated rings. The minimum atomic E-state index is 0.153. The molecule has 0 bridgehead atoms. The summed E-state index contributed by atoms with van der Waals surface area (Å²) in [5, 5.41) is 0. The molecule has 0 spiro atoms. The maximum absolute atomic E-state index is 5.15. The number of hydrogen-bond acceptors (Lipinski definition) is 3. The molecule has 11 heavy (non-hydrogen) atoms. The van der Waals surface area contributed by atoms with Gasteiger partial charge in [0.05, 0.1) is 6.61 Å². The number of methoxy groups -OCH3 is 2. The highest BCUT2D eigenvalue weighted by Gasteiger charge is 2.13. The lowest BCUT2D eigenvalue weighted by Gasteiger charge is -2.28. The lowest BCUT2D eigenvalue weighted by molar-refractivity contribution is -0.0382. The van der Waals surface area contributed by atoms with Gasteiger partial charge in [-0.3, -0.25) is 4.90 Å². The van der Waals surface area contributed by atoms with E-state index >= 15 is 0 Å². The van der Waals surface area contributed by atoms with Crippen LogP contribution in [0.3, 0.4) is 0 Å². The van der Waals surface area contributed by atoms with Crippen LogP contribution in [-0.4, -0.2) is 45.0 Å². The maximum Gasteiger partial charge on any atom is 0.107 e. The molecule has 0 N–H and O–H groups in total. The summed E-state index contributed by atoms with van der Waals surface area (Å²) in [6.07, 6.45) is 0.153. The number of rotatable bonds is 5. The molecule has 0 heterocycles. The molecule has 0 aromatic rings. The van der Waals surface area contributed by atoms with Gasteiger partial charge < -0.3 is 9.47 Å². The largest absolute Gasteiger partial charge is 0.383 e. The number of likely N-dealkylation sites (N-methyl/N-ethyl adjacent to an activating group) is 1. The molecule has 0 aliphatic carbocycles. The summed E-state index contributed by atoms with van der Waals surface area (Å²) in [7, 11) is 5.44. The number of hydrogen-bond donors (Lipinski definition) is 0. The van der Waals surface area contributed by atoms with Gasteiger partial charge in [0.2, 0.25) is 0 Å². The van der Waals surface area contributed by atoms with Gasteiger partial charge in [-0.05, 0) is 20.9 Å².